The fourth-order valence-electron chi connectivity index (χ4n) is 1.22. The summed E-state index contributed by atoms with van der Waals surface area (Å²) in [7, 11) is 4.05. The molecule has 3 nitrogen and oxygen atoms in total. The monoisotopic (exact) mass is 170 g/mol. The van der Waals surface area contributed by atoms with Gasteiger partial charge < -0.3 is 10.2 Å². The molecule has 0 rings (SSSR count). The van der Waals surface area contributed by atoms with Gasteiger partial charge in [0.25, 0.3) is 0 Å². The Morgan fingerprint density at radius 3 is 2.50 bits per heavy atom. The van der Waals surface area contributed by atoms with E-state index in [9.17, 15) is 4.79 Å². The van der Waals surface area contributed by atoms with Crippen molar-refractivity contribution >= 4 is 5.94 Å². The maximum atomic E-state index is 9.88. The zero-order chi connectivity index (χ0) is 9.61. The predicted molar refractivity (Wildman–Crippen MR) is 50.9 cm³/mol. The first kappa shape index (κ1) is 11.4. The second-order valence-electron chi connectivity index (χ2n) is 3.82. The van der Waals surface area contributed by atoms with Gasteiger partial charge in [-0.15, -0.1) is 0 Å². The summed E-state index contributed by atoms with van der Waals surface area (Å²) in [5, 5.41) is 3.23. The highest BCUT2D eigenvalue weighted by atomic mass is 16.1. The van der Waals surface area contributed by atoms with Crippen molar-refractivity contribution in [1.29, 1.82) is 0 Å². The molecule has 0 aliphatic carbocycles. The summed E-state index contributed by atoms with van der Waals surface area (Å²) in [6, 6.07) is 0. The van der Waals surface area contributed by atoms with Crippen molar-refractivity contribution in [2.24, 2.45) is 0 Å². The molecule has 0 aliphatic heterocycles. The minimum Gasteiger partial charge on any atom is -0.308 e. The number of hydrogen-bond donors (Lipinski definition) is 1. The predicted octanol–water partition coefficient (Wildman–Crippen LogP) is 0.304. The minimum absolute atomic E-state index is 0.0385. The van der Waals surface area contributed by atoms with E-state index in [1.165, 1.54) is 6.08 Å². The van der Waals surface area contributed by atoms with Crippen LogP contribution >= 0.6 is 0 Å². The zero-order valence-corrected chi connectivity index (χ0v) is 8.35. The lowest BCUT2D eigenvalue weighted by Crippen LogP contribution is -2.47. The first-order valence-electron chi connectivity index (χ1n) is 4.07. The highest BCUT2D eigenvalue weighted by Gasteiger charge is 2.16. The number of rotatable bonds is 5. The molecule has 0 amide bonds. The van der Waals surface area contributed by atoms with Crippen molar-refractivity contribution in [1.82, 2.24) is 10.2 Å². The summed E-state index contributed by atoms with van der Waals surface area (Å²) in [5.41, 5.74) is 0.0385. The maximum Gasteiger partial charge on any atom is 0.121 e. The molecule has 1 N–H and O–H groups in total. The van der Waals surface area contributed by atoms with Crippen molar-refractivity contribution < 1.29 is 4.79 Å². The van der Waals surface area contributed by atoms with Gasteiger partial charge >= 0.3 is 0 Å². The number of likely N-dealkylation sites (N-methyl/N-ethyl adjacent to an activating group) is 1. The van der Waals surface area contributed by atoms with E-state index in [1.54, 1.807) is 5.94 Å². The maximum absolute atomic E-state index is 9.88. The van der Waals surface area contributed by atoms with Gasteiger partial charge in [-0.3, -0.25) is 0 Å². The molecule has 70 valence electrons. The summed E-state index contributed by atoms with van der Waals surface area (Å²) in [5.74, 6) is 1.74. The van der Waals surface area contributed by atoms with Gasteiger partial charge in [-0.2, -0.15) is 0 Å². The van der Waals surface area contributed by atoms with Crippen LogP contribution in [-0.4, -0.2) is 43.6 Å². The topological polar surface area (TPSA) is 32.3 Å². The molecule has 0 aromatic rings. The Bertz CT molecular complexity index is 169. The second kappa shape index (κ2) is 5.09. The number of hydrogen-bond acceptors (Lipinski definition) is 3. The van der Waals surface area contributed by atoms with E-state index < -0.39 is 0 Å². The van der Waals surface area contributed by atoms with Crippen molar-refractivity contribution in [3.05, 3.63) is 6.08 Å². The molecular weight excluding hydrogens is 152 g/mol. The van der Waals surface area contributed by atoms with Crippen LogP contribution in [0.1, 0.15) is 13.8 Å². The van der Waals surface area contributed by atoms with E-state index in [0.717, 1.165) is 6.54 Å². The van der Waals surface area contributed by atoms with Gasteiger partial charge in [0, 0.05) is 24.7 Å². The van der Waals surface area contributed by atoms with Crippen LogP contribution in [0.15, 0.2) is 6.08 Å². The highest BCUT2D eigenvalue weighted by molar-refractivity contribution is 5.45. The Kier molecular flexibility index (Phi) is 4.83. The summed E-state index contributed by atoms with van der Waals surface area (Å²) >= 11 is 0. The summed E-state index contributed by atoms with van der Waals surface area (Å²) < 4.78 is 0. The Balaban J connectivity index is 3.78. The average molecular weight is 170 g/mol. The molecule has 0 unspecified atom stereocenters. The van der Waals surface area contributed by atoms with Crippen LogP contribution in [0, 0.1) is 0 Å². The fourth-order valence-corrected chi connectivity index (χ4v) is 1.22. The summed E-state index contributed by atoms with van der Waals surface area (Å²) in [4.78, 5) is 12.0. The number of nitrogens with one attached hydrogen (secondary N) is 1. The molecule has 0 bridgehead atoms. The number of carbonyl (C=O) groups excluding carboxylic acids is 1. The zero-order valence-electron chi connectivity index (χ0n) is 8.35. The van der Waals surface area contributed by atoms with E-state index in [1.807, 2.05) is 14.1 Å². The second-order valence-corrected chi connectivity index (χ2v) is 3.82. The Hall–Kier alpha value is -0.630. The number of nitrogens with zero attached hydrogens (tertiary/aromatic N) is 1. The quantitative estimate of drug-likeness (QED) is 0.602. The van der Waals surface area contributed by atoms with Crippen LogP contribution in [0.4, 0.5) is 0 Å². The van der Waals surface area contributed by atoms with Crippen LogP contribution in [0.25, 0.3) is 0 Å². The van der Waals surface area contributed by atoms with Gasteiger partial charge in [-0.25, -0.2) is 4.79 Å². The lowest BCUT2D eigenvalue weighted by atomic mass is 10.1. The van der Waals surface area contributed by atoms with Gasteiger partial charge in [-0.1, -0.05) is 0 Å². The van der Waals surface area contributed by atoms with E-state index in [4.69, 9.17) is 0 Å². The third-order valence-corrected chi connectivity index (χ3v) is 1.48. The van der Waals surface area contributed by atoms with Crippen LogP contribution in [-0.2, 0) is 4.79 Å². The highest BCUT2D eigenvalue weighted by Crippen LogP contribution is 2.01. The van der Waals surface area contributed by atoms with Gasteiger partial charge in [0.1, 0.15) is 5.94 Å². The van der Waals surface area contributed by atoms with Crippen LogP contribution in [0.5, 0.6) is 0 Å². The van der Waals surface area contributed by atoms with Crippen LogP contribution in [0.2, 0.25) is 0 Å². The van der Waals surface area contributed by atoms with Crippen molar-refractivity contribution in [3.63, 3.8) is 0 Å². The van der Waals surface area contributed by atoms with E-state index >= 15 is 0 Å². The average Bonchev–Trinajstić information content (AvgIpc) is 1.84. The molecule has 0 spiro atoms. The molecule has 12 heavy (non-hydrogen) atoms. The third-order valence-electron chi connectivity index (χ3n) is 1.48. The van der Waals surface area contributed by atoms with Gasteiger partial charge in [0.05, 0.1) is 0 Å². The first-order chi connectivity index (χ1) is 5.48. The molecule has 0 aromatic heterocycles. The first-order valence-corrected chi connectivity index (χ1v) is 4.07. The molecule has 3 heteroatoms. The Morgan fingerprint density at radius 1 is 1.50 bits per heavy atom. The van der Waals surface area contributed by atoms with Gasteiger partial charge in [0.2, 0.25) is 0 Å². The summed E-state index contributed by atoms with van der Waals surface area (Å²) in [6.07, 6.45) is 1.46. The molecule has 0 saturated heterocycles. The normalized spacial score (nSPS) is 11.4. The Labute approximate surface area is 74.4 Å². The van der Waals surface area contributed by atoms with Crippen molar-refractivity contribution in [2.75, 3.05) is 27.2 Å². The molecule has 0 aromatic carbocycles. The van der Waals surface area contributed by atoms with Crippen LogP contribution in [0.3, 0.4) is 0 Å². The largest absolute Gasteiger partial charge is 0.308 e. The smallest absolute Gasteiger partial charge is 0.121 e. The van der Waals surface area contributed by atoms with E-state index in [2.05, 4.69) is 24.1 Å². The van der Waals surface area contributed by atoms with Crippen molar-refractivity contribution in [2.45, 2.75) is 19.4 Å². The molecule has 0 aliphatic rings. The molecule has 0 atom stereocenters. The van der Waals surface area contributed by atoms with Gasteiger partial charge in [0.15, 0.2) is 0 Å². The fraction of sp³-hybridized carbons (Fsp3) is 0.778. The lowest BCUT2D eigenvalue weighted by molar-refractivity contribution is 0.276. The molecule has 0 fully saturated rings. The molecule has 0 heterocycles. The standard InChI is InChI=1S/C9H18N2O/c1-9(2,8-11(3)4)10-6-5-7-12/h5,10H,6,8H2,1-4H3. The third kappa shape index (κ3) is 6.10. The SMILES string of the molecule is CN(C)CC(C)(C)NCC=C=O. The van der Waals surface area contributed by atoms with E-state index in [-0.39, 0.29) is 5.54 Å². The molecule has 0 saturated carbocycles. The van der Waals surface area contributed by atoms with Crippen molar-refractivity contribution in [3.8, 4) is 0 Å². The summed E-state index contributed by atoms with van der Waals surface area (Å²) in [6.45, 7) is 5.74. The Morgan fingerprint density at radius 2 is 2.08 bits per heavy atom. The molecular formula is C9H18N2O. The van der Waals surface area contributed by atoms with E-state index in [0.29, 0.717) is 6.54 Å². The van der Waals surface area contributed by atoms with Gasteiger partial charge in [-0.05, 0) is 27.9 Å². The molecule has 0 radical (unpaired) electrons. The lowest BCUT2D eigenvalue weighted by Gasteiger charge is -2.28. The minimum atomic E-state index is 0.0385. The van der Waals surface area contributed by atoms with Crippen LogP contribution < -0.4 is 5.32 Å².